The van der Waals surface area contributed by atoms with E-state index in [1.165, 1.54) is 6.20 Å². The second kappa shape index (κ2) is 4.26. The molecule has 15 heavy (non-hydrogen) atoms. The molecule has 0 fully saturated rings. The maximum Gasteiger partial charge on any atom is 0.108 e. The van der Waals surface area contributed by atoms with Crippen LogP contribution in [0, 0.1) is 0 Å². The van der Waals surface area contributed by atoms with Gasteiger partial charge in [-0.1, -0.05) is 15.9 Å². The number of aromatic amines is 1. The van der Waals surface area contributed by atoms with E-state index in [0.717, 1.165) is 11.0 Å². The quantitative estimate of drug-likeness (QED) is 0.720. The van der Waals surface area contributed by atoms with Gasteiger partial charge in [-0.2, -0.15) is 5.10 Å². The number of alkyl halides is 1. The fourth-order valence-electron chi connectivity index (χ4n) is 1.32. The highest BCUT2D eigenvalue weighted by Gasteiger charge is 2.17. The van der Waals surface area contributed by atoms with Crippen molar-refractivity contribution in [3.05, 3.63) is 24.0 Å². The van der Waals surface area contributed by atoms with Crippen LogP contribution in [-0.2, 0) is 0 Å². The Bertz CT molecular complexity index is 459. The van der Waals surface area contributed by atoms with Crippen LogP contribution in [0.2, 0.25) is 0 Å². The standard InChI is InChI=1S/C9H10BrN3O2/c10-2-8(14)9(15)5-1-6-7(11-3-5)4-12-13-6/h1,3-4,8-9,14-15H,2H2,(H,12,13). The Kier molecular flexibility index (Phi) is 2.99. The third-order valence-corrected chi connectivity index (χ3v) is 2.84. The maximum absolute atomic E-state index is 9.73. The molecule has 5 nitrogen and oxygen atoms in total. The molecule has 0 aliphatic heterocycles. The molecule has 0 saturated carbocycles. The zero-order valence-electron chi connectivity index (χ0n) is 7.76. The molecule has 0 amide bonds. The van der Waals surface area contributed by atoms with E-state index in [-0.39, 0.29) is 0 Å². The largest absolute Gasteiger partial charge is 0.389 e. The number of nitrogens with one attached hydrogen (secondary N) is 1. The first-order valence-electron chi connectivity index (χ1n) is 4.43. The Morgan fingerprint density at radius 2 is 2.20 bits per heavy atom. The van der Waals surface area contributed by atoms with Gasteiger partial charge in [-0.3, -0.25) is 10.1 Å². The Morgan fingerprint density at radius 1 is 1.40 bits per heavy atom. The SMILES string of the molecule is OC(CBr)C(O)c1cnc2cn[nH]c2c1. The summed E-state index contributed by atoms with van der Waals surface area (Å²) in [4.78, 5) is 4.10. The number of fused-ring (bicyclic) bond motifs is 1. The van der Waals surface area contributed by atoms with Gasteiger partial charge in [0.2, 0.25) is 0 Å². The lowest BCUT2D eigenvalue weighted by Crippen LogP contribution is -2.19. The fraction of sp³-hybridized carbons (Fsp3) is 0.333. The topological polar surface area (TPSA) is 82.0 Å². The number of hydrogen-bond donors (Lipinski definition) is 3. The van der Waals surface area contributed by atoms with Gasteiger partial charge in [-0.25, -0.2) is 0 Å². The van der Waals surface area contributed by atoms with Gasteiger partial charge in [0.15, 0.2) is 0 Å². The number of aliphatic hydroxyl groups is 2. The molecule has 6 heteroatoms. The van der Waals surface area contributed by atoms with Crippen LogP contribution in [0.4, 0.5) is 0 Å². The van der Waals surface area contributed by atoms with Gasteiger partial charge >= 0.3 is 0 Å². The van der Waals surface area contributed by atoms with E-state index in [1.54, 1.807) is 12.3 Å². The number of aromatic nitrogens is 3. The summed E-state index contributed by atoms with van der Waals surface area (Å²) in [5.74, 6) is 0. The molecule has 0 saturated heterocycles. The number of hydrogen-bond acceptors (Lipinski definition) is 4. The number of rotatable bonds is 3. The second-order valence-corrected chi connectivity index (χ2v) is 3.89. The second-order valence-electron chi connectivity index (χ2n) is 3.24. The average molecular weight is 272 g/mol. The summed E-state index contributed by atoms with van der Waals surface area (Å²) in [7, 11) is 0. The Balaban J connectivity index is 2.35. The van der Waals surface area contributed by atoms with Gasteiger partial charge in [0.05, 0.1) is 17.8 Å². The van der Waals surface area contributed by atoms with E-state index in [2.05, 4.69) is 31.1 Å². The van der Waals surface area contributed by atoms with E-state index < -0.39 is 12.2 Å². The summed E-state index contributed by atoms with van der Waals surface area (Å²) < 4.78 is 0. The summed E-state index contributed by atoms with van der Waals surface area (Å²) in [6.07, 6.45) is 1.36. The molecule has 2 aromatic rings. The zero-order valence-corrected chi connectivity index (χ0v) is 9.35. The van der Waals surface area contributed by atoms with Crippen LogP contribution >= 0.6 is 15.9 Å². The molecule has 0 radical (unpaired) electrons. The van der Waals surface area contributed by atoms with Crippen molar-refractivity contribution in [3.63, 3.8) is 0 Å². The molecule has 2 unspecified atom stereocenters. The average Bonchev–Trinajstić information content (AvgIpc) is 2.73. The van der Waals surface area contributed by atoms with E-state index in [4.69, 9.17) is 0 Å². The molecular formula is C9H10BrN3O2. The minimum absolute atomic E-state index is 0.315. The van der Waals surface area contributed by atoms with Crippen molar-refractivity contribution in [2.75, 3.05) is 5.33 Å². The van der Waals surface area contributed by atoms with Crippen LogP contribution in [0.15, 0.2) is 18.5 Å². The van der Waals surface area contributed by atoms with Crippen LogP contribution in [0.25, 0.3) is 11.0 Å². The van der Waals surface area contributed by atoms with Crippen molar-refractivity contribution in [1.82, 2.24) is 15.2 Å². The molecule has 2 aromatic heterocycles. The first kappa shape index (κ1) is 10.5. The van der Waals surface area contributed by atoms with Gasteiger partial charge in [0, 0.05) is 17.1 Å². The number of H-pyrrole nitrogens is 1. The van der Waals surface area contributed by atoms with Crippen molar-refractivity contribution >= 4 is 27.0 Å². The molecule has 2 atom stereocenters. The first-order valence-corrected chi connectivity index (χ1v) is 5.55. The first-order chi connectivity index (χ1) is 7.22. The maximum atomic E-state index is 9.73. The van der Waals surface area contributed by atoms with Crippen LogP contribution in [0.3, 0.4) is 0 Å². The van der Waals surface area contributed by atoms with E-state index in [1.807, 2.05) is 0 Å². The molecule has 0 spiro atoms. The molecule has 80 valence electrons. The number of pyridine rings is 1. The van der Waals surface area contributed by atoms with Crippen LogP contribution < -0.4 is 0 Å². The normalized spacial score (nSPS) is 15.4. The lowest BCUT2D eigenvalue weighted by molar-refractivity contribution is 0.0341. The van der Waals surface area contributed by atoms with Crippen LogP contribution in [-0.4, -0.2) is 36.8 Å². The van der Waals surface area contributed by atoms with Gasteiger partial charge in [0.1, 0.15) is 11.6 Å². The molecule has 2 heterocycles. The summed E-state index contributed by atoms with van der Waals surface area (Å²) >= 11 is 3.10. The molecule has 3 N–H and O–H groups in total. The van der Waals surface area contributed by atoms with E-state index >= 15 is 0 Å². The van der Waals surface area contributed by atoms with Crippen molar-refractivity contribution in [2.24, 2.45) is 0 Å². The van der Waals surface area contributed by atoms with Crippen molar-refractivity contribution in [2.45, 2.75) is 12.2 Å². The number of halogens is 1. The highest BCUT2D eigenvalue weighted by molar-refractivity contribution is 9.09. The van der Waals surface area contributed by atoms with Crippen LogP contribution in [0.5, 0.6) is 0 Å². The van der Waals surface area contributed by atoms with Gasteiger partial charge in [0.25, 0.3) is 0 Å². The summed E-state index contributed by atoms with van der Waals surface area (Å²) in [5.41, 5.74) is 2.05. The molecule has 0 aromatic carbocycles. The Hall–Kier alpha value is -0.980. The smallest absolute Gasteiger partial charge is 0.108 e. The highest BCUT2D eigenvalue weighted by Crippen LogP contribution is 2.20. The van der Waals surface area contributed by atoms with Crippen molar-refractivity contribution in [3.8, 4) is 0 Å². The molecular weight excluding hydrogens is 262 g/mol. The predicted octanol–water partition coefficient (Wildman–Crippen LogP) is 0.747. The lowest BCUT2D eigenvalue weighted by atomic mass is 10.1. The Labute approximate surface area is 94.3 Å². The van der Waals surface area contributed by atoms with Gasteiger partial charge in [-0.15, -0.1) is 0 Å². The minimum atomic E-state index is -0.940. The summed E-state index contributed by atoms with van der Waals surface area (Å²) in [6, 6.07) is 1.73. The Morgan fingerprint density at radius 3 is 2.93 bits per heavy atom. The summed E-state index contributed by atoms with van der Waals surface area (Å²) in [6.45, 7) is 0. The van der Waals surface area contributed by atoms with Crippen LogP contribution in [0.1, 0.15) is 11.7 Å². The summed E-state index contributed by atoms with van der Waals surface area (Å²) in [5, 5.41) is 26.1. The molecule has 0 aliphatic carbocycles. The molecule has 2 rings (SSSR count). The third kappa shape index (κ3) is 2.01. The number of aliphatic hydroxyl groups excluding tert-OH is 2. The van der Waals surface area contributed by atoms with Crippen molar-refractivity contribution in [1.29, 1.82) is 0 Å². The monoisotopic (exact) mass is 271 g/mol. The highest BCUT2D eigenvalue weighted by atomic mass is 79.9. The van der Waals surface area contributed by atoms with Gasteiger partial charge < -0.3 is 10.2 Å². The zero-order chi connectivity index (χ0) is 10.8. The van der Waals surface area contributed by atoms with Gasteiger partial charge in [-0.05, 0) is 6.07 Å². The van der Waals surface area contributed by atoms with E-state index in [9.17, 15) is 10.2 Å². The molecule has 0 aliphatic rings. The lowest BCUT2D eigenvalue weighted by Gasteiger charge is -2.15. The number of nitrogens with zero attached hydrogens (tertiary/aromatic N) is 2. The van der Waals surface area contributed by atoms with E-state index in [0.29, 0.717) is 10.9 Å². The molecule has 0 bridgehead atoms. The predicted molar refractivity (Wildman–Crippen MR) is 58.6 cm³/mol. The minimum Gasteiger partial charge on any atom is -0.389 e. The fourth-order valence-corrected chi connectivity index (χ4v) is 1.67. The third-order valence-electron chi connectivity index (χ3n) is 2.18. The van der Waals surface area contributed by atoms with Crippen molar-refractivity contribution < 1.29 is 10.2 Å².